The Kier molecular flexibility index (Phi) is 10.1. The number of benzene rings is 6. The van der Waals surface area contributed by atoms with E-state index in [9.17, 15) is 0 Å². The van der Waals surface area contributed by atoms with Gasteiger partial charge in [-0.1, -0.05) is 159 Å². The van der Waals surface area contributed by atoms with Gasteiger partial charge in [0, 0.05) is 33.0 Å². The Balaban J connectivity index is 1.21. The maximum atomic E-state index is 2.82. The van der Waals surface area contributed by atoms with E-state index in [2.05, 4.69) is 235 Å². The van der Waals surface area contributed by atoms with E-state index in [-0.39, 0.29) is 50.0 Å². The number of nitrogens with zero attached hydrogens (tertiary/aromatic N) is 2. The van der Waals surface area contributed by atoms with Crippen molar-refractivity contribution in [1.29, 1.82) is 0 Å². The molecule has 1 saturated carbocycles. The smallest absolute Gasteiger partial charge is 0.254 e. The number of hydrogen-bond donors (Lipinski definition) is 0. The van der Waals surface area contributed by atoms with Gasteiger partial charge in [0.15, 0.2) is 0 Å². The van der Waals surface area contributed by atoms with Crippen LogP contribution in [-0.2, 0) is 43.3 Å². The van der Waals surface area contributed by atoms with E-state index < -0.39 is 0 Å². The minimum absolute atomic E-state index is 0.0251. The predicted molar refractivity (Wildman–Crippen MR) is 322 cm³/mol. The van der Waals surface area contributed by atoms with Crippen LogP contribution in [0.4, 0.5) is 33.4 Å². The quantitative estimate of drug-likeness (QED) is 0.163. The first kappa shape index (κ1) is 48.6. The van der Waals surface area contributed by atoms with Crippen LogP contribution in [0.3, 0.4) is 0 Å². The highest BCUT2D eigenvalue weighted by Crippen LogP contribution is 2.60. The van der Waals surface area contributed by atoms with Crippen LogP contribution in [0.15, 0.2) is 103 Å². The highest BCUT2D eigenvalue weighted by atomic mass is 32.1. The molecule has 0 N–H and O–H groups in total. The van der Waals surface area contributed by atoms with Crippen molar-refractivity contribution in [2.75, 3.05) is 9.80 Å². The van der Waals surface area contributed by atoms with E-state index in [0.29, 0.717) is 0 Å². The zero-order valence-electron chi connectivity index (χ0n) is 47.9. The van der Waals surface area contributed by atoms with Crippen LogP contribution in [0.2, 0.25) is 0 Å². The number of hydrogen-bond acceptors (Lipinski definition) is 3. The van der Waals surface area contributed by atoms with Crippen LogP contribution in [-0.4, -0.2) is 6.71 Å². The van der Waals surface area contributed by atoms with Crippen molar-refractivity contribution in [3.05, 3.63) is 148 Å². The van der Waals surface area contributed by atoms with Crippen LogP contribution >= 0.6 is 11.3 Å². The summed E-state index contributed by atoms with van der Waals surface area (Å²) in [5, 5.41) is 2.86. The van der Waals surface area contributed by atoms with Gasteiger partial charge in [-0.3, -0.25) is 0 Å². The average Bonchev–Trinajstić information content (AvgIpc) is 3.77. The van der Waals surface area contributed by atoms with E-state index in [0.717, 1.165) is 0 Å². The molecule has 0 saturated heterocycles. The summed E-state index contributed by atoms with van der Waals surface area (Å²) in [5.74, 6) is 0. The minimum Gasteiger partial charge on any atom is -0.311 e. The summed E-state index contributed by atoms with van der Waals surface area (Å²) < 4.78 is 1.45. The van der Waals surface area contributed by atoms with Crippen molar-refractivity contribution in [2.24, 2.45) is 0 Å². The molecule has 2 aliphatic heterocycles. The molecule has 0 radical (unpaired) electrons. The molecule has 380 valence electrons. The van der Waals surface area contributed by atoms with Crippen molar-refractivity contribution in [1.82, 2.24) is 0 Å². The summed E-state index contributed by atoms with van der Waals surface area (Å²) in [5.41, 5.74) is 26.1. The molecule has 6 aromatic carbocycles. The van der Waals surface area contributed by atoms with Crippen LogP contribution in [0.1, 0.15) is 207 Å². The number of rotatable bonds is 3. The zero-order chi connectivity index (χ0) is 52.2. The van der Waals surface area contributed by atoms with Gasteiger partial charge in [-0.25, -0.2) is 0 Å². The SMILES string of the molecule is CC(C)(C)c1ccc(N2c3cc(C(C)(C)C)cc4c3B(c3cc5c(cc3N4c3cc4c(cc3-c3ccccc3)C(C)(C)CCC4(C)C)C(C)(C)CCC5(C)C)c3c2sc2cc4c(cc32)C2(C)CCC4(C)CC2)cc1. The molecule has 7 aliphatic rings. The summed E-state index contributed by atoms with van der Waals surface area (Å²) in [6.45, 7) is 39.6. The first-order valence-corrected chi connectivity index (χ1v) is 29.4. The van der Waals surface area contributed by atoms with Gasteiger partial charge in [0.1, 0.15) is 0 Å². The van der Waals surface area contributed by atoms with Gasteiger partial charge in [0.25, 0.3) is 6.71 Å². The molecule has 2 nitrogen and oxygen atoms in total. The molecule has 0 amide bonds. The first-order valence-electron chi connectivity index (χ1n) is 28.5. The van der Waals surface area contributed by atoms with Crippen LogP contribution in [0, 0.1) is 0 Å². The van der Waals surface area contributed by atoms with Crippen molar-refractivity contribution >= 4 is 78.0 Å². The van der Waals surface area contributed by atoms with Gasteiger partial charge in [-0.2, -0.15) is 0 Å². The van der Waals surface area contributed by atoms with Crippen LogP contribution in [0.25, 0.3) is 21.2 Å². The third-order valence-corrected chi connectivity index (χ3v) is 21.9. The lowest BCUT2D eigenvalue weighted by Crippen LogP contribution is -2.61. The molecular weight excluding hydrogens is 912 g/mol. The van der Waals surface area contributed by atoms with Crippen molar-refractivity contribution in [3.8, 4) is 11.1 Å². The molecule has 74 heavy (non-hydrogen) atoms. The molecule has 5 aliphatic carbocycles. The lowest BCUT2D eigenvalue weighted by Gasteiger charge is -2.52. The van der Waals surface area contributed by atoms with E-state index in [1.807, 2.05) is 0 Å². The Morgan fingerprint density at radius 1 is 0.432 bits per heavy atom. The molecule has 0 spiro atoms. The van der Waals surface area contributed by atoms with E-state index in [4.69, 9.17) is 0 Å². The molecule has 1 fully saturated rings. The predicted octanol–water partition coefficient (Wildman–Crippen LogP) is 18.0. The second kappa shape index (κ2) is 15.3. The summed E-state index contributed by atoms with van der Waals surface area (Å²) in [6, 6.07) is 42.6. The standard InChI is InChI=1S/C70H81BN2S/c1-63(2,3)43-22-24-45(25-23-43)72-57-34-44(64(4,5)6)35-58-61(57)71(60-47-37-52-53(41-59(47)74-62(60)72)70(16)32-30-69(52,15)31-33-70)54-38-49-51(68(13,14)29-27-66(49,9)10)40-56(54)73(58)55-39-50-48(65(7,8)26-28-67(50,11)12)36-46(55)42-20-18-17-19-21-42/h17-25,34-41H,26-33H2,1-16H3. The summed E-state index contributed by atoms with van der Waals surface area (Å²) >= 11 is 2.06. The van der Waals surface area contributed by atoms with E-state index in [1.54, 1.807) is 11.1 Å². The molecule has 0 unspecified atom stereocenters. The normalized spacial score (nSPS) is 23.4. The summed E-state index contributed by atoms with van der Waals surface area (Å²) in [4.78, 5) is 5.56. The van der Waals surface area contributed by atoms with Crippen molar-refractivity contribution in [3.63, 3.8) is 0 Å². The largest absolute Gasteiger partial charge is 0.311 e. The third-order valence-electron chi connectivity index (χ3n) is 20.7. The highest BCUT2D eigenvalue weighted by Gasteiger charge is 2.52. The van der Waals surface area contributed by atoms with Gasteiger partial charge in [0.05, 0.1) is 10.7 Å². The van der Waals surface area contributed by atoms with Crippen LogP contribution < -0.4 is 26.2 Å². The zero-order valence-corrected chi connectivity index (χ0v) is 48.7. The highest BCUT2D eigenvalue weighted by molar-refractivity contribution is 7.26. The Hall–Kier alpha value is -5.06. The van der Waals surface area contributed by atoms with Crippen molar-refractivity contribution in [2.45, 2.75) is 205 Å². The second-order valence-corrected chi connectivity index (χ2v) is 30.7. The maximum absolute atomic E-state index is 2.82. The monoisotopic (exact) mass is 993 g/mol. The molecule has 4 heteroatoms. The topological polar surface area (TPSA) is 6.48 Å². The summed E-state index contributed by atoms with van der Waals surface area (Å²) in [6.07, 6.45) is 9.83. The van der Waals surface area contributed by atoms with Gasteiger partial charge < -0.3 is 9.80 Å². The maximum Gasteiger partial charge on any atom is 0.254 e. The Morgan fingerprint density at radius 2 is 0.919 bits per heavy atom. The molecule has 14 rings (SSSR count). The van der Waals surface area contributed by atoms with E-state index in [1.165, 1.54) is 156 Å². The number of thiophene rings is 1. The fourth-order valence-corrected chi connectivity index (χ4v) is 16.5. The van der Waals surface area contributed by atoms with Gasteiger partial charge in [0.2, 0.25) is 0 Å². The molecule has 1 aromatic heterocycles. The van der Waals surface area contributed by atoms with Crippen LogP contribution in [0.5, 0.6) is 0 Å². The Morgan fingerprint density at radius 3 is 1.46 bits per heavy atom. The first-order chi connectivity index (χ1) is 34.6. The molecule has 0 atom stereocenters. The lowest BCUT2D eigenvalue weighted by atomic mass is 9.33. The molecule has 2 bridgehead atoms. The van der Waals surface area contributed by atoms with E-state index >= 15 is 0 Å². The van der Waals surface area contributed by atoms with Gasteiger partial charge in [-0.05, 0) is 221 Å². The second-order valence-electron chi connectivity index (χ2n) is 29.7. The Labute approximate surface area is 449 Å². The van der Waals surface area contributed by atoms with Crippen molar-refractivity contribution < 1.29 is 0 Å². The fourth-order valence-electron chi connectivity index (χ4n) is 15.2. The number of anilines is 6. The van der Waals surface area contributed by atoms with Gasteiger partial charge in [-0.15, -0.1) is 11.3 Å². The third kappa shape index (κ3) is 6.93. The molecule has 3 heterocycles. The number of fused-ring (bicyclic) bond motifs is 10. The fraction of sp³-hybridized carbons (Fsp3) is 0.457. The Bertz CT molecular complexity index is 3500. The molecule has 7 aromatic rings. The lowest BCUT2D eigenvalue weighted by molar-refractivity contribution is 0.188. The average molecular weight is 993 g/mol. The molecular formula is C70H81BN2S. The minimum atomic E-state index is -0.121. The summed E-state index contributed by atoms with van der Waals surface area (Å²) in [7, 11) is 0. The van der Waals surface area contributed by atoms with Gasteiger partial charge >= 0.3 is 0 Å².